The van der Waals surface area contributed by atoms with Gasteiger partial charge in [0.05, 0.1) is 10.6 Å². The molecular weight excluding hydrogens is 409 g/mol. The number of amidine groups is 1. The molecule has 152 valence electrons. The van der Waals surface area contributed by atoms with E-state index >= 15 is 0 Å². The molecule has 1 saturated heterocycles. The van der Waals surface area contributed by atoms with Crippen LogP contribution in [0.3, 0.4) is 0 Å². The number of rotatable bonds is 4. The molecule has 6 heteroatoms. The van der Waals surface area contributed by atoms with Gasteiger partial charge in [0.15, 0.2) is 5.17 Å². The van der Waals surface area contributed by atoms with Crippen LogP contribution in [-0.4, -0.2) is 15.6 Å². The second-order valence-corrected chi connectivity index (χ2v) is 8.20. The number of amides is 1. The molecule has 0 atom stereocenters. The Morgan fingerprint density at radius 1 is 0.968 bits per heavy atom. The summed E-state index contributed by atoms with van der Waals surface area (Å²) in [5.74, 6) is -0.404. The molecule has 0 saturated carbocycles. The van der Waals surface area contributed by atoms with Crippen molar-refractivity contribution in [3.63, 3.8) is 0 Å². The second-order valence-electron chi connectivity index (χ2n) is 7.17. The number of hydrogen-bond acceptors (Lipinski definition) is 3. The Hall–Kier alpha value is -3.64. The van der Waals surface area contributed by atoms with Gasteiger partial charge in [-0.25, -0.2) is 9.38 Å². The third kappa shape index (κ3) is 4.15. The van der Waals surface area contributed by atoms with Gasteiger partial charge < -0.3 is 9.88 Å². The number of benzene rings is 3. The third-order valence-corrected chi connectivity index (χ3v) is 5.92. The molecule has 1 N–H and O–H groups in total. The van der Waals surface area contributed by atoms with E-state index in [4.69, 9.17) is 0 Å². The fraction of sp³-hybridized carbons (Fsp3) is 0.0400. The number of nitrogens with zero attached hydrogens (tertiary/aromatic N) is 2. The number of hydrogen-bond donors (Lipinski definition) is 1. The molecule has 0 aliphatic carbocycles. The summed E-state index contributed by atoms with van der Waals surface area (Å²) in [6, 6.07) is 24.1. The Balaban J connectivity index is 1.47. The lowest BCUT2D eigenvalue weighted by atomic mass is 10.1. The van der Waals surface area contributed by atoms with Crippen LogP contribution in [0.1, 0.15) is 11.1 Å². The average Bonchev–Trinajstić information content (AvgIpc) is 3.30. The molecular formula is C25H18FN3OS. The van der Waals surface area contributed by atoms with E-state index in [1.54, 1.807) is 12.1 Å². The summed E-state index contributed by atoms with van der Waals surface area (Å²) >= 11 is 1.33. The first-order valence-corrected chi connectivity index (χ1v) is 10.6. The van der Waals surface area contributed by atoms with Gasteiger partial charge >= 0.3 is 0 Å². The Kier molecular flexibility index (Phi) is 5.14. The molecule has 0 bridgehead atoms. The van der Waals surface area contributed by atoms with Crippen LogP contribution in [0.2, 0.25) is 0 Å². The number of nitrogens with one attached hydrogen (secondary N) is 1. The van der Waals surface area contributed by atoms with Crippen LogP contribution in [-0.2, 0) is 11.3 Å². The number of halogens is 1. The molecule has 4 nitrogen and oxygen atoms in total. The maximum Gasteiger partial charge on any atom is 0.264 e. The van der Waals surface area contributed by atoms with Crippen molar-refractivity contribution >= 4 is 45.5 Å². The van der Waals surface area contributed by atoms with Gasteiger partial charge in [0.1, 0.15) is 5.82 Å². The van der Waals surface area contributed by atoms with E-state index in [0.717, 1.165) is 27.7 Å². The highest BCUT2D eigenvalue weighted by atomic mass is 32.2. The predicted molar refractivity (Wildman–Crippen MR) is 125 cm³/mol. The predicted octanol–water partition coefficient (Wildman–Crippen LogP) is 5.72. The van der Waals surface area contributed by atoms with Crippen LogP contribution in [0.25, 0.3) is 17.0 Å². The molecule has 1 aromatic heterocycles. The van der Waals surface area contributed by atoms with Crippen molar-refractivity contribution < 1.29 is 9.18 Å². The highest BCUT2D eigenvalue weighted by molar-refractivity contribution is 8.18. The number of fused-ring (bicyclic) bond motifs is 1. The summed E-state index contributed by atoms with van der Waals surface area (Å²) in [5.41, 5.74) is 3.81. The lowest BCUT2D eigenvalue weighted by molar-refractivity contribution is -0.115. The maximum absolute atomic E-state index is 13.3. The van der Waals surface area contributed by atoms with E-state index in [1.165, 1.54) is 23.9 Å². The second kappa shape index (κ2) is 8.24. The molecule has 1 aliphatic heterocycles. The van der Waals surface area contributed by atoms with E-state index in [-0.39, 0.29) is 11.7 Å². The first-order chi connectivity index (χ1) is 15.2. The molecule has 4 aromatic rings. The van der Waals surface area contributed by atoms with Crippen LogP contribution in [0.5, 0.6) is 0 Å². The topological polar surface area (TPSA) is 46.4 Å². The molecule has 1 amide bonds. The van der Waals surface area contributed by atoms with Crippen LogP contribution in [0.15, 0.2) is 95.0 Å². The van der Waals surface area contributed by atoms with Crippen molar-refractivity contribution in [2.75, 3.05) is 0 Å². The first-order valence-electron chi connectivity index (χ1n) is 9.83. The van der Waals surface area contributed by atoms with Gasteiger partial charge in [-0.15, -0.1) is 0 Å². The van der Waals surface area contributed by atoms with Crippen LogP contribution in [0, 0.1) is 5.82 Å². The van der Waals surface area contributed by atoms with Gasteiger partial charge in [0.25, 0.3) is 5.91 Å². The lowest BCUT2D eigenvalue weighted by Gasteiger charge is -2.05. The molecule has 1 fully saturated rings. The summed E-state index contributed by atoms with van der Waals surface area (Å²) in [4.78, 5) is 17.6. The zero-order valence-electron chi connectivity index (χ0n) is 16.5. The zero-order valence-corrected chi connectivity index (χ0v) is 17.3. The quantitative estimate of drug-likeness (QED) is 0.424. The molecule has 0 unspecified atom stereocenters. The van der Waals surface area contributed by atoms with Gasteiger partial charge in [0.2, 0.25) is 0 Å². The molecule has 3 aromatic carbocycles. The van der Waals surface area contributed by atoms with Crippen LogP contribution >= 0.6 is 11.8 Å². The summed E-state index contributed by atoms with van der Waals surface area (Å²) in [6.07, 6.45) is 3.93. The summed E-state index contributed by atoms with van der Waals surface area (Å²) in [5, 5.41) is 4.46. The van der Waals surface area contributed by atoms with Crippen molar-refractivity contribution in [2.24, 2.45) is 4.99 Å². The van der Waals surface area contributed by atoms with Crippen molar-refractivity contribution in [1.29, 1.82) is 0 Å². The zero-order chi connectivity index (χ0) is 21.2. The first kappa shape index (κ1) is 19.3. The van der Waals surface area contributed by atoms with Crippen molar-refractivity contribution in [3.8, 4) is 0 Å². The Morgan fingerprint density at radius 3 is 2.52 bits per heavy atom. The van der Waals surface area contributed by atoms with Crippen LogP contribution in [0.4, 0.5) is 10.1 Å². The molecule has 31 heavy (non-hydrogen) atoms. The monoisotopic (exact) mass is 427 g/mol. The molecule has 0 radical (unpaired) electrons. The van der Waals surface area contributed by atoms with E-state index in [1.807, 2.05) is 66.9 Å². The van der Waals surface area contributed by atoms with Crippen LogP contribution < -0.4 is 5.32 Å². The summed E-state index contributed by atoms with van der Waals surface area (Å²) < 4.78 is 15.4. The van der Waals surface area contributed by atoms with Crippen molar-refractivity contribution in [3.05, 3.63) is 107 Å². The van der Waals surface area contributed by atoms with E-state index in [2.05, 4.69) is 14.9 Å². The minimum Gasteiger partial charge on any atom is -0.342 e. The fourth-order valence-electron chi connectivity index (χ4n) is 3.55. The van der Waals surface area contributed by atoms with Crippen molar-refractivity contribution in [1.82, 2.24) is 9.88 Å². The van der Waals surface area contributed by atoms with Gasteiger partial charge in [-0.1, -0.05) is 48.5 Å². The number of carbonyl (C=O) groups excluding carboxylic acids is 1. The molecule has 2 heterocycles. The number of carbonyl (C=O) groups is 1. The minimum absolute atomic E-state index is 0.157. The Morgan fingerprint density at radius 2 is 1.71 bits per heavy atom. The van der Waals surface area contributed by atoms with Gasteiger partial charge in [-0.2, -0.15) is 0 Å². The fourth-order valence-corrected chi connectivity index (χ4v) is 4.38. The standard InChI is InChI=1S/C25H18FN3OS/c26-19-12-10-17(11-13-19)15-29-16-18(21-8-4-5-9-22(21)29)14-23-24(30)28-25(31-23)27-20-6-2-1-3-7-20/h1-14,16H,15H2,(H,27,28,30)/b23-14+. The Labute approximate surface area is 183 Å². The lowest BCUT2D eigenvalue weighted by Crippen LogP contribution is -2.19. The minimum atomic E-state index is -0.247. The summed E-state index contributed by atoms with van der Waals surface area (Å²) in [6.45, 7) is 0.615. The highest BCUT2D eigenvalue weighted by Crippen LogP contribution is 2.31. The smallest absolute Gasteiger partial charge is 0.264 e. The Bertz CT molecular complexity index is 1320. The third-order valence-electron chi connectivity index (χ3n) is 5.01. The number of aromatic nitrogens is 1. The van der Waals surface area contributed by atoms with E-state index in [9.17, 15) is 9.18 Å². The van der Waals surface area contributed by atoms with E-state index in [0.29, 0.717) is 16.6 Å². The number of thioether (sulfide) groups is 1. The largest absolute Gasteiger partial charge is 0.342 e. The maximum atomic E-state index is 13.3. The number of aliphatic imine (C=N–C) groups is 1. The van der Waals surface area contributed by atoms with Crippen molar-refractivity contribution in [2.45, 2.75) is 6.54 Å². The normalized spacial score (nSPS) is 16.4. The summed E-state index contributed by atoms with van der Waals surface area (Å²) in [7, 11) is 0. The van der Waals surface area contributed by atoms with E-state index < -0.39 is 0 Å². The number of para-hydroxylation sites is 2. The molecule has 1 aliphatic rings. The van der Waals surface area contributed by atoms with Gasteiger partial charge in [-0.3, -0.25) is 4.79 Å². The van der Waals surface area contributed by atoms with Gasteiger partial charge in [-0.05, 0) is 53.7 Å². The average molecular weight is 428 g/mol. The molecule has 5 rings (SSSR count). The SMILES string of the molecule is O=C1NC(=Nc2ccccc2)S/C1=C/c1cn(Cc2ccc(F)cc2)c2ccccc12. The molecule has 0 spiro atoms. The highest BCUT2D eigenvalue weighted by Gasteiger charge is 2.24. The van der Waals surface area contributed by atoms with Gasteiger partial charge in [0, 0.05) is 29.2 Å².